The highest BCUT2D eigenvalue weighted by Crippen LogP contribution is 2.23. The van der Waals surface area contributed by atoms with Gasteiger partial charge in [-0.05, 0) is 37.4 Å². The first-order chi connectivity index (χ1) is 9.16. The minimum atomic E-state index is -0.395. The minimum Gasteiger partial charge on any atom is -0.381 e. The maximum absolute atomic E-state index is 10.9. The molecular formula is C13H17ClN2O3. The fourth-order valence-electron chi connectivity index (χ4n) is 2.20. The van der Waals surface area contributed by atoms with Crippen molar-refractivity contribution in [3.8, 4) is 0 Å². The van der Waals surface area contributed by atoms with Crippen molar-refractivity contribution in [3.05, 3.63) is 38.9 Å². The van der Waals surface area contributed by atoms with Gasteiger partial charge < -0.3 is 10.1 Å². The van der Waals surface area contributed by atoms with E-state index in [0.717, 1.165) is 32.6 Å². The third-order valence-electron chi connectivity index (χ3n) is 3.31. The van der Waals surface area contributed by atoms with Gasteiger partial charge in [-0.2, -0.15) is 0 Å². The summed E-state index contributed by atoms with van der Waals surface area (Å²) in [6, 6.07) is 4.77. The third kappa shape index (κ3) is 4.16. The van der Waals surface area contributed by atoms with E-state index in [0.29, 0.717) is 23.0 Å². The molecule has 0 spiro atoms. The van der Waals surface area contributed by atoms with Crippen molar-refractivity contribution >= 4 is 17.3 Å². The standard InChI is InChI=1S/C13H17ClN2O3/c14-12-2-1-11(13(7-12)16(17)18)8-15-5-3-10-4-6-19-9-10/h1-2,7,10,15H,3-6,8-9H2. The summed E-state index contributed by atoms with van der Waals surface area (Å²) in [5.74, 6) is 0.618. The SMILES string of the molecule is O=[N+]([O-])c1cc(Cl)ccc1CNCCC1CCOC1. The van der Waals surface area contributed by atoms with Crippen LogP contribution in [0.25, 0.3) is 0 Å². The number of nitrogens with zero attached hydrogens (tertiary/aromatic N) is 1. The van der Waals surface area contributed by atoms with Gasteiger partial charge in [0.15, 0.2) is 0 Å². The topological polar surface area (TPSA) is 64.4 Å². The van der Waals surface area contributed by atoms with Crippen molar-refractivity contribution in [1.82, 2.24) is 5.32 Å². The Morgan fingerprint density at radius 1 is 1.53 bits per heavy atom. The molecule has 1 aliphatic rings. The van der Waals surface area contributed by atoms with Gasteiger partial charge in [0.1, 0.15) is 0 Å². The van der Waals surface area contributed by atoms with E-state index < -0.39 is 4.92 Å². The number of nitrogens with one attached hydrogen (secondary N) is 1. The molecule has 1 atom stereocenters. The van der Waals surface area contributed by atoms with Gasteiger partial charge in [-0.1, -0.05) is 11.6 Å². The van der Waals surface area contributed by atoms with Gasteiger partial charge in [-0.3, -0.25) is 10.1 Å². The van der Waals surface area contributed by atoms with Crippen LogP contribution in [0.5, 0.6) is 0 Å². The first-order valence-corrected chi connectivity index (χ1v) is 6.76. The van der Waals surface area contributed by atoms with Crippen LogP contribution >= 0.6 is 11.6 Å². The second-order valence-corrected chi connectivity index (χ2v) is 5.16. The first-order valence-electron chi connectivity index (χ1n) is 6.38. The highest BCUT2D eigenvalue weighted by molar-refractivity contribution is 6.30. The van der Waals surface area contributed by atoms with Gasteiger partial charge >= 0.3 is 0 Å². The van der Waals surface area contributed by atoms with E-state index in [2.05, 4.69) is 5.32 Å². The molecule has 1 aromatic carbocycles. The van der Waals surface area contributed by atoms with Crippen LogP contribution in [0.15, 0.2) is 18.2 Å². The summed E-state index contributed by atoms with van der Waals surface area (Å²) in [5, 5.41) is 14.5. The van der Waals surface area contributed by atoms with Gasteiger partial charge in [0, 0.05) is 36.4 Å². The molecule has 0 aromatic heterocycles. The molecule has 1 saturated heterocycles. The highest BCUT2D eigenvalue weighted by atomic mass is 35.5. The Morgan fingerprint density at radius 3 is 3.05 bits per heavy atom. The van der Waals surface area contributed by atoms with Crippen LogP contribution in [-0.4, -0.2) is 24.7 Å². The second kappa shape index (κ2) is 6.84. The fourth-order valence-corrected chi connectivity index (χ4v) is 2.36. The number of benzene rings is 1. The average molecular weight is 285 g/mol. The smallest absolute Gasteiger partial charge is 0.275 e. The molecule has 2 rings (SSSR count). The average Bonchev–Trinajstić information content (AvgIpc) is 2.89. The van der Waals surface area contributed by atoms with E-state index in [1.54, 1.807) is 12.1 Å². The van der Waals surface area contributed by atoms with Crippen molar-refractivity contribution in [2.75, 3.05) is 19.8 Å². The monoisotopic (exact) mass is 284 g/mol. The lowest BCUT2D eigenvalue weighted by atomic mass is 10.1. The van der Waals surface area contributed by atoms with Gasteiger partial charge in [0.2, 0.25) is 0 Å². The molecule has 0 aliphatic carbocycles. The van der Waals surface area contributed by atoms with E-state index in [1.807, 2.05) is 0 Å². The Kier molecular flexibility index (Phi) is 5.13. The molecule has 0 bridgehead atoms. The van der Waals surface area contributed by atoms with Crippen LogP contribution in [0.1, 0.15) is 18.4 Å². The highest BCUT2D eigenvalue weighted by Gasteiger charge is 2.16. The number of nitro benzene ring substituents is 1. The Labute approximate surface area is 117 Å². The molecule has 1 N–H and O–H groups in total. The van der Waals surface area contributed by atoms with Crippen LogP contribution < -0.4 is 5.32 Å². The number of halogens is 1. The van der Waals surface area contributed by atoms with Crippen molar-refractivity contribution in [2.45, 2.75) is 19.4 Å². The second-order valence-electron chi connectivity index (χ2n) is 4.73. The van der Waals surface area contributed by atoms with Crippen molar-refractivity contribution in [1.29, 1.82) is 0 Å². The lowest BCUT2D eigenvalue weighted by molar-refractivity contribution is -0.385. The molecule has 1 aliphatic heterocycles. The van der Waals surface area contributed by atoms with Crippen molar-refractivity contribution in [3.63, 3.8) is 0 Å². The maximum Gasteiger partial charge on any atom is 0.275 e. The Morgan fingerprint density at radius 2 is 2.37 bits per heavy atom. The van der Waals surface area contributed by atoms with Crippen molar-refractivity contribution in [2.24, 2.45) is 5.92 Å². The normalized spacial score (nSPS) is 18.7. The lowest BCUT2D eigenvalue weighted by Gasteiger charge is -2.09. The summed E-state index contributed by atoms with van der Waals surface area (Å²) in [5.41, 5.74) is 0.737. The van der Waals surface area contributed by atoms with Gasteiger partial charge in [0.25, 0.3) is 5.69 Å². The van der Waals surface area contributed by atoms with Gasteiger partial charge in [0.05, 0.1) is 4.92 Å². The molecule has 1 heterocycles. The molecule has 5 nitrogen and oxygen atoms in total. The quantitative estimate of drug-likeness (QED) is 0.496. The molecule has 104 valence electrons. The zero-order valence-corrected chi connectivity index (χ0v) is 11.4. The molecule has 0 amide bonds. The summed E-state index contributed by atoms with van der Waals surface area (Å²) >= 11 is 5.77. The molecular weight excluding hydrogens is 268 g/mol. The van der Waals surface area contributed by atoms with Crippen LogP contribution in [-0.2, 0) is 11.3 Å². The maximum atomic E-state index is 10.9. The molecule has 1 unspecified atom stereocenters. The van der Waals surface area contributed by atoms with E-state index in [4.69, 9.17) is 16.3 Å². The van der Waals surface area contributed by atoms with E-state index in [1.165, 1.54) is 6.07 Å². The molecule has 0 radical (unpaired) electrons. The summed E-state index contributed by atoms with van der Waals surface area (Å²) < 4.78 is 5.30. The predicted molar refractivity (Wildman–Crippen MR) is 73.4 cm³/mol. The number of rotatable bonds is 6. The van der Waals surface area contributed by atoms with E-state index in [-0.39, 0.29) is 5.69 Å². The number of hydrogen-bond donors (Lipinski definition) is 1. The van der Waals surface area contributed by atoms with Crippen LogP contribution in [0.3, 0.4) is 0 Å². The van der Waals surface area contributed by atoms with Gasteiger partial charge in [-0.15, -0.1) is 0 Å². The largest absolute Gasteiger partial charge is 0.381 e. The molecule has 6 heteroatoms. The molecule has 1 aromatic rings. The van der Waals surface area contributed by atoms with Crippen LogP contribution in [0.4, 0.5) is 5.69 Å². The molecule has 0 saturated carbocycles. The van der Waals surface area contributed by atoms with Crippen molar-refractivity contribution < 1.29 is 9.66 Å². The van der Waals surface area contributed by atoms with Crippen LogP contribution in [0.2, 0.25) is 5.02 Å². The molecule has 1 fully saturated rings. The third-order valence-corrected chi connectivity index (χ3v) is 3.55. The predicted octanol–water partition coefficient (Wildman–Crippen LogP) is 2.76. The minimum absolute atomic E-state index is 0.0733. The summed E-state index contributed by atoms with van der Waals surface area (Å²) in [6.45, 7) is 3.02. The lowest BCUT2D eigenvalue weighted by Crippen LogP contribution is -2.18. The first kappa shape index (κ1) is 14.2. The fraction of sp³-hybridized carbons (Fsp3) is 0.538. The Bertz CT molecular complexity index is 448. The zero-order chi connectivity index (χ0) is 13.7. The van der Waals surface area contributed by atoms with Crippen LogP contribution in [0, 0.1) is 16.0 Å². The summed E-state index contributed by atoms with van der Waals surface area (Å²) in [7, 11) is 0. The number of hydrogen-bond acceptors (Lipinski definition) is 4. The van der Waals surface area contributed by atoms with E-state index >= 15 is 0 Å². The number of nitro groups is 1. The summed E-state index contributed by atoms with van der Waals surface area (Å²) in [4.78, 5) is 10.5. The van der Waals surface area contributed by atoms with E-state index in [9.17, 15) is 10.1 Å². The summed E-state index contributed by atoms with van der Waals surface area (Å²) in [6.07, 6.45) is 2.16. The molecule has 19 heavy (non-hydrogen) atoms. The zero-order valence-electron chi connectivity index (χ0n) is 10.6. The van der Waals surface area contributed by atoms with Gasteiger partial charge in [-0.25, -0.2) is 0 Å². The Balaban J connectivity index is 1.83. The Hall–Kier alpha value is -1.17. The number of ether oxygens (including phenoxy) is 1.